The molecule has 0 bridgehead atoms. The number of hydrogen-bond donors (Lipinski definition) is 4. The second kappa shape index (κ2) is 9.76. The van der Waals surface area contributed by atoms with Gasteiger partial charge in [0.05, 0.1) is 16.7 Å². The lowest BCUT2D eigenvalue weighted by Gasteiger charge is -2.10. The number of fused-ring (bicyclic) bond motifs is 2. The molecule has 0 atom stereocenters. The standard InChI is InChI=1S/C17H15N3O3.C9H7N/c1-18-14-9-13(8-12-6-7-15(21)19-16(12)14)10-2-4-11(5-3-10)17(22)20-23;1-2-6-9-8(4-1)5-3-7-10-9/h2-9,18,23H,1H3,(H,19,21)(H,20,22);1-7H. The summed E-state index contributed by atoms with van der Waals surface area (Å²) < 4.78 is 0. The number of aromatic amines is 1. The zero-order valence-corrected chi connectivity index (χ0v) is 17.9. The molecule has 2 heterocycles. The van der Waals surface area contributed by atoms with Gasteiger partial charge in [-0.1, -0.05) is 36.4 Å². The van der Waals surface area contributed by atoms with Crippen molar-refractivity contribution >= 4 is 33.4 Å². The van der Waals surface area contributed by atoms with Crippen LogP contribution in [0.25, 0.3) is 32.9 Å². The molecular formula is C26H22N4O3. The van der Waals surface area contributed by atoms with E-state index in [-0.39, 0.29) is 5.56 Å². The number of amides is 1. The lowest BCUT2D eigenvalue weighted by atomic mass is 10.0. The second-order valence-corrected chi connectivity index (χ2v) is 7.27. The number of H-pyrrole nitrogens is 1. The van der Waals surface area contributed by atoms with Gasteiger partial charge >= 0.3 is 0 Å². The number of aromatic nitrogens is 2. The Bertz CT molecular complexity index is 1410. The van der Waals surface area contributed by atoms with Gasteiger partial charge in [-0.05, 0) is 53.6 Å². The fourth-order valence-corrected chi connectivity index (χ4v) is 3.52. The van der Waals surface area contributed by atoms with Gasteiger partial charge in [-0.15, -0.1) is 0 Å². The van der Waals surface area contributed by atoms with Crippen LogP contribution in [0, 0.1) is 0 Å². The third kappa shape index (κ3) is 4.89. The fourth-order valence-electron chi connectivity index (χ4n) is 3.52. The van der Waals surface area contributed by atoms with Gasteiger partial charge in [0.2, 0.25) is 5.56 Å². The van der Waals surface area contributed by atoms with Crippen LogP contribution < -0.4 is 16.4 Å². The smallest absolute Gasteiger partial charge is 0.274 e. The fraction of sp³-hybridized carbons (Fsp3) is 0.0385. The zero-order valence-electron chi connectivity index (χ0n) is 17.9. The van der Waals surface area contributed by atoms with E-state index in [0.29, 0.717) is 5.56 Å². The molecule has 0 aliphatic rings. The average Bonchev–Trinajstić information content (AvgIpc) is 2.88. The van der Waals surface area contributed by atoms with Crippen LogP contribution in [-0.4, -0.2) is 28.1 Å². The lowest BCUT2D eigenvalue weighted by molar-refractivity contribution is 0.0706. The molecule has 0 spiro atoms. The third-order valence-electron chi connectivity index (χ3n) is 5.19. The average molecular weight is 438 g/mol. The van der Waals surface area contributed by atoms with E-state index in [0.717, 1.165) is 33.2 Å². The summed E-state index contributed by atoms with van der Waals surface area (Å²) in [6, 6.07) is 26.1. The molecule has 7 nitrogen and oxygen atoms in total. The van der Waals surface area contributed by atoms with Crippen molar-refractivity contribution in [3.8, 4) is 11.1 Å². The Labute approximate surface area is 189 Å². The summed E-state index contributed by atoms with van der Waals surface area (Å²) in [6.45, 7) is 0. The summed E-state index contributed by atoms with van der Waals surface area (Å²) in [7, 11) is 1.79. The van der Waals surface area contributed by atoms with Crippen LogP contribution in [0.1, 0.15) is 10.4 Å². The van der Waals surface area contributed by atoms with Crippen LogP contribution in [0.2, 0.25) is 0 Å². The minimum Gasteiger partial charge on any atom is -0.386 e. The highest BCUT2D eigenvalue weighted by Gasteiger charge is 2.08. The number of rotatable bonds is 3. The second-order valence-electron chi connectivity index (χ2n) is 7.27. The van der Waals surface area contributed by atoms with Crippen molar-refractivity contribution in [3.05, 3.63) is 107 Å². The monoisotopic (exact) mass is 438 g/mol. The first-order chi connectivity index (χ1) is 16.1. The summed E-state index contributed by atoms with van der Waals surface area (Å²) in [5.74, 6) is -0.552. The predicted octanol–water partition coefficient (Wildman–Crippen LogP) is 4.59. The Balaban J connectivity index is 0.000000214. The van der Waals surface area contributed by atoms with Gasteiger partial charge in [-0.2, -0.15) is 0 Å². The Morgan fingerprint density at radius 1 is 0.879 bits per heavy atom. The molecule has 33 heavy (non-hydrogen) atoms. The van der Waals surface area contributed by atoms with E-state index in [1.165, 1.54) is 11.5 Å². The molecule has 0 aliphatic carbocycles. The van der Waals surface area contributed by atoms with Crippen LogP contribution in [0.4, 0.5) is 5.69 Å². The number of carbonyl (C=O) groups excluding carboxylic acids is 1. The summed E-state index contributed by atoms with van der Waals surface area (Å²) in [5, 5.41) is 13.8. The molecule has 0 unspecified atom stereocenters. The minimum atomic E-state index is -0.552. The SMILES string of the molecule is CNc1cc(-c2ccc(C(=O)NO)cc2)cc2ccc(=O)[nH]c12.c1ccc2ncccc2c1. The Kier molecular flexibility index (Phi) is 6.43. The number of nitrogens with zero attached hydrogens (tertiary/aromatic N) is 1. The highest BCUT2D eigenvalue weighted by atomic mass is 16.5. The third-order valence-corrected chi connectivity index (χ3v) is 5.19. The molecule has 0 saturated heterocycles. The topological polar surface area (TPSA) is 107 Å². The molecule has 3 aromatic carbocycles. The van der Waals surface area contributed by atoms with Crippen molar-refractivity contribution in [1.82, 2.24) is 15.4 Å². The summed E-state index contributed by atoms with van der Waals surface area (Å²) in [4.78, 5) is 29.9. The van der Waals surface area contributed by atoms with Crippen LogP contribution in [0.15, 0.2) is 95.9 Å². The normalized spacial score (nSPS) is 10.4. The Hall–Kier alpha value is -4.49. The van der Waals surface area contributed by atoms with Gasteiger partial charge in [0.15, 0.2) is 0 Å². The summed E-state index contributed by atoms with van der Waals surface area (Å²) in [5.41, 5.74) is 6.32. The van der Waals surface area contributed by atoms with Gasteiger partial charge in [0, 0.05) is 35.6 Å². The van der Waals surface area contributed by atoms with Crippen LogP contribution in [0.3, 0.4) is 0 Å². The van der Waals surface area contributed by atoms with Crippen molar-refractivity contribution < 1.29 is 10.0 Å². The van der Waals surface area contributed by atoms with E-state index in [2.05, 4.69) is 27.4 Å². The number of benzene rings is 3. The number of hydrogen-bond acceptors (Lipinski definition) is 5. The summed E-state index contributed by atoms with van der Waals surface area (Å²) in [6.07, 6.45) is 1.81. The molecule has 7 heteroatoms. The Morgan fingerprint density at radius 3 is 2.36 bits per heavy atom. The number of anilines is 1. The van der Waals surface area contributed by atoms with Crippen molar-refractivity contribution in [2.45, 2.75) is 0 Å². The van der Waals surface area contributed by atoms with E-state index in [1.807, 2.05) is 42.6 Å². The first-order valence-electron chi connectivity index (χ1n) is 10.3. The first-order valence-corrected chi connectivity index (χ1v) is 10.3. The summed E-state index contributed by atoms with van der Waals surface area (Å²) >= 11 is 0. The van der Waals surface area contributed by atoms with Gasteiger partial charge in [0.25, 0.3) is 5.91 Å². The van der Waals surface area contributed by atoms with Gasteiger partial charge in [0.1, 0.15) is 0 Å². The van der Waals surface area contributed by atoms with Crippen LogP contribution in [-0.2, 0) is 0 Å². The molecule has 5 aromatic rings. The van der Waals surface area contributed by atoms with Crippen molar-refractivity contribution in [2.24, 2.45) is 0 Å². The predicted molar refractivity (Wildman–Crippen MR) is 131 cm³/mol. The maximum absolute atomic E-state index is 11.5. The first kappa shape index (κ1) is 21.7. The van der Waals surface area contributed by atoms with Gasteiger partial charge in [-0.3, -0.25) is 19.8 Å². The van der Waals surface area contributed by atoms with Gasteiger partial charge < -0.3 is 10.3 Å². The zero-order chi connectivity index (χ0) is 23.2. The quantitative estimate of drug-likeness (QED) is 0.243. The number of pyridine rings is 2. The molecule has 164 valence electrons. The van der Waals surface area contributed by atoms with Crippen molar-refractivity contribution in [1.29, 1.82) is 0 Å². The van der Waals surface area contributed by atoms with Crippen molar-refractivity contribution in [2.75, 3.05) is 12.4 Å². The lowest BCUT2D eigenvalue weighted by Crippen LogP contribution is -2.18. The largest absolute Gasteiger partial charge is 0.386 e. The number of carbonyl (C=O) groups is 1. The molecule has 1 amide bonds. The Morgan fingerprint density at radius 2 is 1.64 bits per heavy atom. The molecule has 5 rings (SSSR count). The van der Waals surface area contributed by atoms with E-state index in [1.54, 1.807) is 42.9 Å². The maximum Gasteiger partial charge on any atom is 0.274 e. The molecule has 0 radical (unpaired) electrons. The van der Waals surface area contributed by atoms with E-state index in [9.17, 15) is 9.59 Å². The molecule has 4 N–H and O–H groups in total. The molecule has 0 aliphatic heterocycles. The molecular weight excluding hydrogens is 416 g/mol. The number of para-hydroxylation sites is 1. The van der Waals surface area contributed by atoms with Crippen LogP contribution in [0.5, 0.6) is 0 Å². The van der Waals surface area contributed by atoms with Crippen LogP contribution >= 0.6 is 0 Å². The molecule has 0 saturated carbocycles. The highest BCUT2D eigenvalue weighted by Crippen LogP contribution is 2.29. The van der Waals surface area contributed by atoms with E-state index < -0.39 is 5.91 Å². The van der Waals surface area contributed by atoms with E-state index >= 15 is 0 Å². The number of nitrogens with one attached hydrogen (secondary N) is 3. The van der Waals surface area contributed by atoms with Gasteiger partial charge in [-0.25, -0.2) is 5.48 Å². The molecule has 2 aromatic heterocycles. The molecule has 0 fully saturated rings. The van der Waals surface area contributed by atoms with E-state index in [4.69, 9.17) is 5.21 Å². The maximum atomic E-state index is 11.5. The minimum absolute atomic E-state index is 0.152. The number of hydroxylamine groups is 1. The highest BCUT2D eigenvalue weighted by molar-refractivity contribution is 5.96. The van der Waals surface area contributed by atoms with Crippen molar-refractivity contribution in [3.63, 3.8) is 0 Å².